The molecule has 0 saturated heterocycles. The molecule has 2 N–H and O–H groups in total. The number of carbonyl (C=O) groups excluding carboxylic acids is 1. The molecule has 1 atom stereocenters. The van der Waals surface area contributed by atoms with E-state index in [9.17, 15) is 4.79 Å². The number of aryl methyl sites for hydroxylation is 2. The van der Waals surface area contributed by atoms with Gasteiger partial charge in [0.25, 0.3) is 5.91 Å². The molecule has 5 nitrogen and oxygen atoms in total. The lowest BCUT2D eigenvalue weighted by atomic mass is 9.89. The average molecular weight is 362 g/mol. The van der Waals surface area contributed by atoms with Crippen LogP contribution in [0.5, 0.6) is 0 Å². The van der Waals surface area contributed by atoms with Crippen molar-refractivity contribution in [1.82, 2.24) is 15.1 Å². The fourth-order valence-corrected chi connectivity index (χ4v) is 3.20. The SMILES string of the molecule is Cc1ccc(NC(C)(C(=O)N(C)Cc2cc(C)[nH]n2)c2ccccc2)cc1. The maximum atomic E-state index is 13.5. The van der Waals surface area contributed by atoms with Crippen LogP contribution in [0.1, 0.15) is 29.4 Å². The van der Waals surface area contributed by atoms with Crippen LogP contribution in [0.15, 0.2) is 60.7 Å². The van der Waals surface area contributed by atoms with Crippen LogP contribution in [-0.2, 0) is 16.9 Å². The van der Waals surface area contributed by atoms with Gasteiger partial charge in [-0.3, -0.25) is 9.89 Å². The summed E-state index contributed by atoms with van der Waals surface area (Å²) in [6.45, 7) is 6.37. The van der Waals surface area contributed by atoms with Crippen molar-refractivity contribution in [2.75, 3.05) is 12.4 Å². The summed E-state index contributed by atoms with van der Waals surface area (Å²) in [5, 5.41) is 10.6. The molecule has 0 aliphatic rings. The number of anilines is 1. The normalized spacial score (nSPS) is 13.0. The van der Waals surface area contributed by atoms with Gasteiger partial charge in [0.05, 0.1) is 12.2 Å². The summed E-state index contributed by atoms with van der Waals surface area (Å²) in [5.41, 5.74) is 3.93. The lowest BCUT2D eigenvalue weighted by Crippen LogP contribution is -2.48. The lowest BCUT2D eigenvalue weighted by Gasteiger charge is -2.34. The van der Waals surface area contributed by atoms with Crippen molar-refractivity contribution in [3.8, 4) is 0 Å². The monoisotopic (exact) mass is 362 g/mol. The highest BCUT2D eigenvalue weighted by atomic mass is 16.2. The van der Waals surface area contributed by atoms with Gasteiger partial charge in [-0.1, -0.05) is 48.0 Å². The van der Waals surface area contributed by atoms with Gasteiger partial charge in [0, 0.05) is 18.4 Å². The summed E-state index contributed by atoms with van der Waals surface area (Å²) >= 11 is 0. The molecular formula is C22H26N4O. The highest BCUT2D eigenvalue weighted by Gasteiger charge is 2.37. The van der Waals surface area contributed by atoms with Crippen LogP contribution in [0.4, 0.5) is 5.69 Å². The van der Waals surface area contributed by atoms with E-state index in [4.69, 9.17) is 0 Å². The first kappa shape index (κ1) is 18.7. The van der Waals surface area contributed by atoms with Gasteiger partial charge < -0.3 is 10.2 Å². The topological polar surface area (TPSA) is 61.0 Å². The molecule has 0 spiro atoms. The van der Waals surface area contributed by atoms with E-state index in [1.165, 1.54) is 5.56 Å². The van der Waals surface area contributed by atoms with E-state index in [0.717, 1.165) is 22.6 Å². The van der Waals surface area contributed by atoms with Crippen molar-refractivity contribution in [3.63, 3.8) is 0 Å². The summed E-state index contributed by atoms with van der Waals surface area (Å²) in [6, 6.07) is 19.8. The number of carbonyl (C=O) groups is 1. The van der Waals surface area contributed by atoms with Gasteiger partial charge in [0.2, 0.25) is 0 Å². The quantitative estimate of drug-likeness (QED) is 0.696. The van der Waals surface area contributed by atoms with Gasteiger partial charge in [-0.2, -0.15) is 5.10 Å². The van der Waals surface area contributed by atoms with Crippen LogP contribution in [0.3, 0.4) is 0 Å². The Balaban J connectivity index is 1.90. The zero-order chi connectivity index (χ0) is 19.4. The molecule has 1 unspecified atom stereocenters. The van der Waals surface area contributed by atoms with E-state index < -0.39 is 5.54 Å². The Morgan fingerprint density at radius 1 is 1.11 bits per heavy atom. The summed E-state index contributed by atoms with van der Waals surface area (Å²) < 4.78 is 0. The van der Waals surface area contributed by atoms with Crippen LogP contribution in [0, 0.1) is 13.8 Å². The van der Waals surface area contributed by atoms with Crippen LogP contribution < -0.4 is 5.32 Å². The molecular weight excluding hydrogens is 336 g/mol. The highest BCUT2D eigenvalue weighted by molar-refractivity contribution is 5.90. The third-order valence-electron chi connectivity index (χ3n) is 4.73. The first-order valence-corrected chi connectivity index (χ1v) is 9.05. The Morgan fingerprint density at radius 3 is 2.37 bits per heavy atom. The number of aromatic nitrogens is 2. The summed E-state index contributed by atoms with van der Waals surface area (Å²) in [4.78, 5) is 15.2. The number of rotatable bonds is 6. The third kappa shape index (κ3) is 4.19. The highest BCUT2D eigenvalue weighted by Crippen LogP contribution is 2.29. The Hall–Kier alpha value is -3.08. The van der Waals surface area contributed by atoms with Gasteiger partial charge in [0.15, 0.2) is 0 Å². The summed E-state index contributed by atoms with van der Waals surface area (Å²) in [5.74, 6) is -0.0186. The number of amides is 1. The molecule has 3 rings (SSSR count). The Labute approximate surface area is 160 Å². The smallest absolute Gasteiger partial charge is 0.252 e. The van der Waals surface area contributed by atoms with Crippen molar-refractivity contribution in [2.24, 2.45) is 0 Å². The minimum Gasteiger partial charge on any atom is -0.368 e. The lowest BCUT2D eigenvalue weighted by molar-refractivity contribution is -0.135. The number of nitrogens with zero attached hydrogens (tertiary/aromatic N) is 2. The number of benzene rings is 2. The Bertz CT molecular complexity index is 902. The Morgan fingerprint density at radius 2 is 1.78 bits per heavy atom. The number of likely N-dealkylation sites (N-methyl/N-ethyl adjacent to an activating group) is 1. The fourth-order valence-electron chi connectivity index (χ4n) is 3.20. The largest absolute Gasteiger partial charge is 0.368 e. The van der Waals surface area contributed by atoms with Gasteiger partial charge in [-0.25, -0.2) is 0 Å². The zero-order valence-corrected chi connectivity index (χ0v) is 16.3. The predicted octanol–water partition coefficient (Wildman–Crippen LogP) is 4.01. The van der Waals surface area contributed by atoms with E-state index in [1.807, 2.05) is 88.5 Å². The van der Waals surface area contributed by atoms with Crippen molar-refractivity contribution in [1.29, 1.82) is 0 Å². The average Bonchev–Trinajstić information content (AvgIpc) is 3.08. The van der Waals surface area contributed by atoms with Gasteiger partial charge in [-0.05, 0) is 44.5 Å². The molecule has 1 amide bonds. The van der Waals surface area contributed by atoms with E-state index in [2.05, 4.69) is 15.5 Å². The molecule has 0 radical (unpaired) electrons. The molecule has 2 aromatic carbocycles. The minimum absolute atomic E-state index is 0.0186. The molecule has 1 heterocycles. The predicted molar refractivity (Wildman–Crippen MR) is 108 cm³/mol. The fraction of sp³-hybridized carbons (Fsp3) is 0.273. The maximum absolute atomic E-state index is 13.5. The van der Waals surface area contributed by atoms with Crippen LogP contribution in [0.25, 0.3) is 0 Å². The zero-order valence-electron chi connectivity index (χ0n) is 16.3. The van der Waals surface area contributed by atoms with Gasteiger partial charge in [0.1, 0.15) is 5.54 Å². The van der Waals surface area contributed by atoms with Crippen LogP contribution in [-0.4, -0.2) is 28.1 Å². The van der Waals surface area contributed by atoms with E-state index in [0.29, 0.717) is 6.54 Å². The number of H-pyrrole nitrogens is 1. The maximum Gasteiger partial charge on any atom is 0.252 e. The summed E-state index contributed by atoms with van der Waals surface area (Å²) in [6.07, 6.45) is 0. The molecule has 3 aromatic rings. The molecule has 0 aliphatic carbocycles. The van der Waals surface area contributed by atoms with Crippen molar-refractivity contribution < 1.29 is 4.79 Å². The Kier molecular flexibility index (Phi) is 5.31. The van der Waals surface area contributed by atoms with Gasteiger partial charge in [-0.15, -0.1) is 0 Å². The molecule has 0 aliphatic heterocycles. The van der Waals surface area contributed by atoms with Crippen molar-refractivity contribution >= 4 is 11.6 Å². The number of aromatic amines is 1. The minimum atomic E-state index is -0.892. The molecule has 0 bridgehead atoms. The first-order valence-electron chi connectivity index (χ1n) is 9.05. The second-order valence-electron chi connectivity index (χ2n) is 7.19. The van der Waals surface area contributed by atoms with Crippen molar-refractivity contribution in [3.05, 3.63) is 83.2 Å². The van der Waals surface area contributed by atoms with E-state index in [-0.39, 0.29) is 5.91 Å². The molecule has 1 aromatic heterocycles. The third-order valence-corrected chi connectivity index (χ3v) is 4.73. The van der Waals surface area contributed by atoms with E-state index in [1.54, 1.807) is 4.90 Å². The number of hydrogen-bond acceptors (Lipinski definition) is 3. The van der Waals surface area contributed by atoms with E-state index >= 15 is 0 Å². The van der Waals surface area contributed by atoms with Crippen LogP contribution in [0.2, 0.25) is 0 Å². The number of nitrogens with one attached hydrogen (secondary N) is 2. The standard InChI is InChI=1S/C22H26N4O/c1-16-10-12-19(13-11-16)23-22(3,18-8-6-5-7-9-18)21(27)26(4)15-20-14-17(2)24-25-20/h5-14,23H,15H2,1-4H3,(H,24,25). The molecule has 5 heteroatoms. The second kappa shape index (κ2) is 7.66. The second-order valence-corrected chi connectivity index (χ2v) is 7.19. The summed E-state index contributed by atoms with van der Waals surface area (Å²) in [7, 11) is 1.81. The van der Waals surface area contributed by atoms with Gasteiger partial charge >= 0.3 is 0 Å². The number of hydrogen-bond donors (Lipinski definition) is 2. The molecule has 27 heavy (non-hydrogen) atoms. The molecule has 0 fully saturated rings. The molecule has 140 valence electrons. The van der Waals surface area contributed by atoms with Crippen LogP contribution >= 0.6 is 0 Å². The molecule has 0 saturated carbocycles. The first-order chi connectivity index (χ1) is 12.9. The van der Waals surface area contributed by atoms with Crippen molar-refractivity contribution in [2.45, 2.75) is 32.9 Å².